The Morgan fingerprint density at radius 2 is 1.61 bits per heavy atom. The maximum Gasteiger partial charge on any atom is 0.241 e. The van der Waals surface area contributed by atoms with Gasteiger partial charge < -0.3 is 5.32 Å². The average Bonchev–Trinajstić information content (AvgIpc) is 3.14. The Labute approximate surface area is 188 Å². The number of carbonyl (C=O) groups is 1. The van der Waals surface area contributed by atoms with Crippen molar-refractivity contribution >= 4 is 5.91 Å². The fraction of sp³-hybridized carbons (Fsp3) is 0.741. The van der Waals surface area contributed by atoms with E-state index >= 15 is 0 Å². The van der Waals surface area contributed by atoms with E-state index in [9.17, 15) is 4.79 Å². The van der Waals surface area contributed by atoms with Crippen molar-refractivity contribution in [2.24, 2.45) is 5.92 Å². The molecule has 0 radical (unpaired) electrons. The number of amides is 1. The summed E-state index contributed by atoms with van der Waals surface area (Å²) >= 11 is 0. The molecule has 4 fully saturated rings. The molecule has 2 saturated carbocycles. The van der Waals surface area contributed by atoms with Gasteiger partial charge in [0.25, 0.3) is 0 Å². The lowest BCUT2D eigenvalue weighted by atomic mass is 9.77. The molecule has 1 spiro atoms. The van der Waals surface area contributed by atoms with Crippen molar-refractivity contribution in [1.29, 1.82) is 0 Å². The van der Waals surface area contributed by atoms with E-state index in [2.05, 4.69) is 45.4 Å². The van der Waals surface area contributed by atoms with Crippen LogP contribution in [0.1, 0.15) is 88.5 Å². The first-order valence-electron chi connectivity index (χ1n) is 13.1. The van der Waals surface area contributed by atoms with Gasteiger partial charge in [0, 0.05) is 25.7 Å². The Morgan fingerprint density at radius 3 is 2.39 bits per heavy atom. The zero-order valence-electron chi connectivity index (χ0n) is 19.2. The molecular weight excluding hydrogens is 382 g/mol. The standard InChI is InChI=1S/C27H41N3O/c31-26-27(30(21-28-26)18-15-22-9-3-1-4-10-22)16-19-29(20-17-27)25-14-8-7-13-24(25)23-11-5-2-6-12-23/h2,5-6,11-12,22,24-25H,1,3-4,7-10,13-21H2,(H,28,31)/t24-,25-/m1/s1. The zero-order valence-corrected chi connectivity index (χ0v) is 19.2. The smallest absolute Gasteiger partial charge is 0.241 e. The van der Waals surface area contributed by atoms with Crippen molar-refractivity contribution in [2.75, 3.05) is 26.3 Å². The molecule has 31 heavy (non-hydrogen) atoms. The van der Waals surface area contributed by atoms with Crippen molar-refractivity contribution < 1.29 is 4.79 Å². The van der Waals surface area contributed by atoms with E-state index in [1.54, 1.807) is 0 Å². The van der Waals surface area contributed by atoms with E-state index in [0.29, 0.717) is 17.9 Å². The van der Waals surface area contributed by atoms with Crippen molar-refractivity contribution in [2.45, 2.75) is 94.5 Å². The Kier molecular flexibility index (Phi) is 6.66. The lowest BCUT2D eigenvalue weighted by Gasteiger charge is -2.48. The van der Waals surface area contributed by atoms with Crippen molar-refractivity contribution in [1.82, 2.24) is 15.1 Å². The summed E-state index contributed by atoms with van der Waals surface area (Å²) in [4.78, 5) is 18.3. The highest BCUT2D eigenvalue weighted by Gasteiger charge is 2.51. The summed E-state index contributed by atoms with van der Waals surface area (Å²) in [5.74, 6) is 1.85. The fourth-order valence-electron chi connectivity index (χ4n) is 7.14. The van der Waals surface area contributed by atoms with E-state index in [4.69, 9.17) is 0 Å². The number of rotatable bonds is 5. The van der Waals surface area contributed by atoms with Gasteiger partial charge in [-0.2, -0.15) is 0 Å². The molecule has 4 nitrogen and oxygen atoms in total. The third-order valence-corrected chi connectivity index (χ3v) is 9.04. The molecule has 4 aliphatic rings. The lowest BCUT2D eigenvalue weighted by molar-refractivity contribution is -0.129. The molecule has 2 saturated heterocycles. The first-order valence-corrected chi connectivity index (χ1v) is 13.1. The van der Waals surface area contributed by atoms with Gasteiger partial charge in [0.2, 0.25) is 5.91 Å². The molecule has 0 unspecified atom stereocenters. The van der Waals surface area contributed by atoms with E-state index in [1.165, 1.54) is 69.8 Å². The summed E-state index contributed by atoms with van der Waals surface area (Å²) in [6.45, 7) is 4.00. The SMILES string of the molecule is O=C1NCN(CCC2CCCCC2)C12CCN([C@@H]1CCCC[C@@H]1c1ccccc1)CC2. The maximum atomic E-state index is 13.0. The van der Waals surface area contributed by atoms with Crippen LogP contribution >= 0.6 is 0 Å². The quantitative estimate of drug-likeness (QED) is 0.731. The third-order valence-electron chi connectivity index (χ3n) is 9.04. The van der Waals surface area contributed by atoms with Crippen LogP contribution in [0.25, 0.3) is 0 Å². The monoisotopic (exact) mass is 423 g/mol. The summed E-state index contributed by atoms with van der Waals surface area (Å²) in [7, 11) is 0. The van der Waals surface area contributed by atoms with Crippen molar-refractivity contribution in [3.63, 3.8) is 0 Å². The molecule has 5 rings (SSSR count). The Bertz CT molecular complexity index is 721. The second-order valence-electron chi connectivity index (χ2n) is 10.7. The molecule has 0 aromatic heterocycles. The van der Waals surface area contributed by atoms with Crippen molar-refractivity contribution in [3.05, 3.63) is 35.9 Å². The minimum Gasteiger partial charge on any atom is -0.342 e. The number of nitrogens with one attached hydrogen (secondary N) is 1. The number of nitrogens with zero attached hydrogens (tertiary/aromatic N) is 2. The van der Waals surface area contributed by atoms with E-state index in [1.807, 2.05) is 0 Å². The van der Waals surface area contributed by atoms with Gasteiger partial charge in [-0.1, -0.05) is 75.3 Å². The molecule has 0 bridgehead atoms. The summed E-state index contributed by atoms with van der Waals surface area (Å²) < 4.78 is 0. The molecule has 2 heterocycles. The summed E-state index contributed by atoms with van der Waals surface area (Å²) in [5, 5.41) is 3.22. The van der Waals surface area contributed by atoms with Crippen LogP contribution in [0.4, 0.5) is 0 Å². The van der Waals surface area contributed by atoms with Gasteiger partial charge in [-0.25, -0.2) is 0 Å². The predicted molar refractivity (Wildman–Crippen MR) is 126 cm³/mol. The van der Waals surface area contributed by atoms with E-state index in [-0.39, 0.29) is 5.54 Å². The summed E-state index contributed by atoms with van der Waals surface area (Å²) in [5.41, 5.74) is 1.28. The topological polar surface area (TPSA) is 35.6 Å². The number of likely N-dealkylation sites (tertiary alicyclic amines) is 1. The number of benzene rings is 1. The number of hydrogen-bond acceptors (Lipinski definition) is 3. The molecule has 170 valence electrons. The van der Waals surface area contributed by atoms with Crippen LogP contribution in [-0.2, 0) is 4.79 Å². The van der Waals surface area contributed by atoms with E-state index in [0.717, 1.165) is 45.1 Å². The molecule has 2 aliphatic carbocycles. The molecule has 1 aromatic carbocycles. The maximum absolute atomic E-state index is 13.0. The van der Waals surface area contributed by atoms with Crippen LogP contribution in [0, 0.1) is 5.92 Å². The van der Waals surface area contributed by atoms with Crippen LogP contribution < -0.4 is 5.32 Å². The van der Waals surface area contributed by atoms with Gasteiger partial charge in [0.1, 0.15) is 5.54 Å². The summed E-state index contributed by atoms with van der Waals surface area (Å²) in [6, 6.07) is 11.8. The van der Waals surface area contributed by atoms with Gasteiger partial charge in [-0.05, 0) is 49.5 Å². The van der Waals surface area contributed by atoms with Gasteiger partial charge in [-0.3, -0.25) is 14.6 Å². The van der Waals surface area contributed by atoms with Crippen LogP contribution in [0.15, 0.2) is 30.3 Å². The van der Waals surface area contributed by atoms with Crippen LogP contribution in [0.3, 0.4) is 0 Å². The summed E-state index contributed by atoms with van der Waals surface area (Å²) in [6.07, 6.45) is 15.6. The minimum absolute atomic E-state index is 0.234. The van der Waals surface area contributed by atoms with Crippen LogP contribution in [-0.4, -0.2) is 53.6 Å². The highest BCUT2D eigenvalue weighted by molar-refractivity contribution is 5.88. The third kappa shape index (κ3) is 4.43. The molecule has 2 atom stereocenters. The highest BCUT2D eigenvalue weighted by Crippen LogP contribution is 2.40. The number of carbonyl (C=O) groups excluding carboxylic acids is 1. The first kappa shape index (κ1) is 21.5. The lowest BCUT2D eigenvalue weighted by Crippen LogP contribution is -2.58. The van der Waals surface area contributed by atoms with Gasteiger partial charge >= 0.3 is 0 Å². The van der Waals surface area contributed by atoms with Gasteiger partial charge in [0.05, 0.1) is 6.67 Å². The van der Waals surface area contributed by atoms with Crippen LogP contribution in [0.2, 0.25) is 0 Å². The van der Waals surface area contributed by atoms with Crippen molar-refractivity contribution in [3.8, 4) is 0 Å². The normalized spacial score (nSPS) is 30.5. The molecule has 1 N–H and O–H groups in total. The fourth-order valence-corrected chi connectivity index (χ4v) is 7.14. The zero-order chi connectivity index (χ0) is 21.1. The molecule has 1 aromatic rings. The average molecular weight is 424 g/mol. The Morgan fingerprint density at radius 1 is 0.903 bits per heavy atom. The largest absolute Gasteiger partial charge is 0.342 e. The van der Waals surface area contributed by atoms with Gasteiger partial charge in [-0.15, -0.1) is 0 Å². The highest BCUT2D eigenvalue weighted by atomic mass is 16.2. The Hall–Kier alpha value is -1.39. The number of hydrogen-bond donors (Lipinski definition) is 1. The predicted octanol–water partition coefficient (Wildman–Crippen LogP) is 4.91. The van der Waals surface area contributed by atoms with Crippen LogP contribution in [0.5, 0.6) is 0 Å². The number of piperidine rings is 1. The minimum atomic E-state index is -0.234. The van der Waals surface area contributed by atoms with E-state index < -0.39 is 0 Å². The molecule has 4 heteroatoms. The first-order chi connectivity index (χ1) is 15.3. The van der Waals surface area contributed by atoms with Gasteiger partial charge in [0.15, 0.2) is 0 Å². The molecule has 1 amide bonds. The Balaban J connectivity index is 1.23. The second kappa shape index (κ2) is 9.62. The second-order valence-corrected chi connectivity index (χ2v) is 10.7. The molecular formula is C27H41N3O. The molecule has 2 aliphatic heterocycles.